The van der Waals surface area contributed by atoms with Gasteiger partial charge in [-0.3, -0.25) is 4.79 Å². The zero-order valence-electron chi connectivity index (χ0n) is 23.5. The number of hydrogen-bond donors (Lipinski definition) is 15. The van der Waals surface area contributed by atoms with Crippen LogP contribution in [0.2, 0.25) is 0 Å². The van der Waals surface area contributed by atoms with E-state index >= 15 is 0 Å². The predicted octanol–water partition coefficient (Wildman–Crippen LogP) is -9.59. The second-order valence-electron chi connectivity index (χ2n) is 11.4. The molecule has 0 bridgehead atoms. The minimum Gasteiger partial charge on any atom is -0.395 e. The van der Waals surface area contributed by atoms with Gasteiger partial charge in [0.1, 0.15) is 48.8 Å². The molecular weight excluding hydrogens is 580 g/mol. The molecule has 0 aromatic rings. The second-order valence-corrected chi connectivity index (χ2v) is 11.4. The lowest BCUT2D eigenvalue weighted by molar-refractivity contribution is -0.310. The van der Waals surface area contributed by atoms with Gasteiger partial charge in [0, 0.05) is 37.6 Å². The summed E-state index contributed by atoms with van der Waals surface area (Å²) in [6, 6.07) is -4.09. The number of nitrogens with two attached hydrogens (primary N) is 4. The Morgan fingerprint density at radius 3 is 2.21 bits per heavy atom. The van der Waals surface area contributed by atoms with Crippen LogP contribution in [-0.4, -0.2) is 182 Å². The van der Waals surface area contributed by atoms with Crippen molar-refractivity contribution in [3.63, 3.8) is 0 Å². The summed E-state index contributed by atoms with van der Waals surface area (Å²) in [5.74, 6) is -2.12. The van der Waals surface area contributed by atoms with E-state index in [1.165, 1.54) is 0 Å². The van der Waals surface area contributed by atoms with Gasteiger partial charge in [-0.25, -0.2) is 0 Å². The summed E-state index contributed by atoms with van der Waals surface area (Å²) < 4.78 is 17.3. The number of aliphatic hydroxyl groups is 9. The van der Waals surface area contributed by atoms with E-state index in [4.69, 9.17) is 42.3 Å². The van der Waals surface area contributed by atoms with E-state index < -0.39 is 123 Å². The molecule has 17 atom stereocenters. The summed E-state index contributed by atoms with van der Waals surface area (Å²) in [6.07, 6.45) is -18.4. The molecule has 19 nitrogen and oxygen atoms in total. The Morgan fingerprint density at radius 2 is 1.60 bits per heavy atom. The molecule has 2 saturated heterocycles. The van der Waals surface area contributed by atoms with Gasteiger partial charge in [-0.05, 0) is 6.42 Å². The molecule has 43 heavy (non-hydrogen) atoms. The number of amides is 1. The van der Waals surface area contributed by atoms with Gasteiger partial charge in [0.25, 0.3) is 0 Å². The van der Waals surface area contributed by atoms with Gasteiger partial charge in [0.2, 0.25) is 5.91 Å². The molecular formula is C24H48N6O13. The maximum Gasteiger partial charge on any atom is 0.250 e. The quantitative estimate of drug-likeness (QED) is 0.0953. The first-order chi connectivity index (χ1) is 20.3. The first-order valence-corrected chi connectivity index (χ1v) is 14.2. The van der Waals surface area contributed by atoms with Crippen LogP contribution in [0.5, 0.6) is 0 Å². The molecule has 19 heteroatoms. The highest BCUT2D eigenvalue weighted by molar-refractivity contribution is 5.81. The Kier molecular flexibility index (Phi) is 13.4. The largest absolute Gasteiger partial charge is 0.395 e. The normalized spacial score (nSPS) is 45.4. The number of aliphatic hydroxyl groups excluding tert-OH is 9. The Labute approximate surface area is 247 Å². The van der Waals surface area contributed by atoms with Crippen molar-refractivity contribution < 1.29 is 65.0 Å². The Hall–Kier alpha value is -1.21. The smallest absolute Gasteiger partial charge is 0.250 e. The van der Waals surface area contributed by atoms with E-state index in [2.05, 4.69) is 10.6 Å². The van der Waals surface area contributed by atoms with Crippen LogP contribution < -0.4 is 33.6 Å². The van der Waals surface area contributed by atoms with E-state index in [-0.39, 0.29) is 26.1 Å². The Morgan fingerprint density at radius 1 is 0.930 bits per heavy atom. The lowest BCUT2D eigenvalue weighted by Crippen LogP contribution is -2.71. The number of carbonyl (C=O) groups excluding carboxylic acids is 1. The molecule has 2 heterocycles. The highest BCUT2D eigenvalue weighted by atomic mass is 16.7. The fourth-order valence-electron chi connectivity index (χ4n) is 5.76. The first-order valence-electron chi connectivity index (χ1n) is 14.2. The minimum absolute atomic E-state index is 0.0618. The van der Waals surface area contributed by atoms with Gasteiger partial charge < -0.3 is 93.7 Å². The van der Waals surface area contributed by atoms with E-state index in [9.17, 15) is 45.6 Å². The van der Waals surface area contributed by atoms with E-state index in [1.54, 1.807) is 0 Å². The third-order valence-electron chi connectivity index (χ3n) is 8.35. The van der Waals surface area contributed by atoms with Crippen LogP contribution in [0.25, 0.3) is 0 Å². The predicted molar refractivity (Wildman–Crippen MR) is 144 cm³/mol. The lowest BCUT2D eigenvalue weighted by Gasteiger charge is -2.52. The molecule has 1 saturated carbocycles. The molecule has 2 aliphatic heterocycles. The molecule has 3 fully saturated rings. The number of ether oxygens (including phenoxy) is 3. The molecule has 3 aliphatic rings. The minimum atomic E-state index is -1.73. The van der Waals surface area contributed by atoms with Crippen molar-refractivity contribution in [3.8, 4) is 0 Å². The van der Waals surface area contributed by atoms with Crippen molar-refractivity contribution in [2.75, 3.05) is 32.8 Å². The van der Waals surface area contributed by atoms with Gasteiger partial charge in [0.05, 0.1) is 43.6 Å². The second kappa shape index (κ2) is 15.9. The fourth-order valence-corrected chi connectivity index (χ4v) is 5.76. The summed E-state index contributed by atoms with van der Waals surface area (Å²) in [7, 11) is 0. The summed E-state index contributed by atoms with van der Waals surface area (Å²) in [6.45, 7) is -1.34. The maximum absolute atomic E-state index is 12.5. The van der Waals surface area contributed by atoms with Crippen LogP contribution >= 0.6 is 0 Å². The topological polar surface area (TPSA) is 355 Å². The highest BCUT2D eigenvalue weighted by Crippen LogP contribution is 2.37. The SMILES string of the molecule is NC[C@H](O)C(=O)N[C@@H]1C[C@H](N)C([C@H]2O[C@H](CNCC(N)CO)[C@@H](O)[C@H](O)[C@H]2O)[C@H](O)[C@H]1O[C@H]1O[C@H](CO)[C@@H](O)[C@H](N)[C@H]1O. The van der Waals surface area contributed by atoms with Crippen LogP contribution in [-0.2, 0) is 19.0 Å². The van der Waals surface area contributed by atoms with Gasteiger partial charge >= 0.3 is 0 Å². The van der Waals surface area contributed by atoms with Crippen molar-refractivity contribution in [2.24, 2.45) is 28.9 Å². The highest BCUT2D eigenvalue weighted by Gasteiger charge is 2.55. The molecule has 0 aromatic heterocycles. The van der Waals surface area contributed by atoms with Crippen molar-refractivity contribution in [1.82, 2.24) is 10.6 Å². The number of rotatable bonds is 12. The molecule has 19 N–H and O–H groups in total. The zero-order valence-corrected chi connectivity index (χ0v) is 23.5. The van der Waals surface area contributed by atoms with E-state index in [0.717, 1.165) is 0 Å². The van der Waals surface area contributed by atoms with Gasteiger partial charge in [-0.1, -0.05) is 0 Å². The summed E-state index contributed by atoms with van der Waals surface area (Å²) in [4.78, 5) is 12.5. The van der Waals surface area contributed by atoms with Gasteiger partial charge in [-0.2, -0.15) is 0 Å². The van der Waals surface area contributed by atoms with Crippen LogP contribution in [0.3, 0.4) is 0 Å². The van der Waals surface area contributed by atoms with Crippen LogP contribution in [0.1, 0.15) is 6.42 Å². The van der Waals surface area contributed by atoms with Crippen LogP contribution in [0.15, 0.2) is 0 Å². The summed E-state index contributed by atoms with van der Waals surface area (Å²) in [5.41, 5.74) is 23.4. The van der Waals surface area contributed by atoms with Crippen molar-refractivity contribution in [3.05, 3.63) is 0 Å². The van der Waals surface area contributed by atoms with Gasteiger partial charge in [0.15, 0.2) is 6.29 Å². The van der Waals surface area contributed by atoms with E-state index in [1.807, 2.05) is 0 Å². The van der Waals surface area contributed by atoms with E-state index in [0.29, 0.717) is 0 Å². The maximum atomic E-state index is 12.5. The molecule has 2 unspecified atom stereocenters. The van der Waals surface area contributed by atoms with Crippen molar-refractivity contribution >= 4 is 5.91 Å². The van der Waals surface area contributed by atoms with Crippen molar-refractivity contribution in [1.29, 1.82) is 0 Å². The number of hydrogen-bond acceptors (Lipinski definition) is 18. The number of carbonyl (C=O) groups is 1. The third kappa shape index (κ3) is 8.15. The Balaban J connectivity index is 1.88. The molecule has 252 valence electrons. The van der Waals surface area contributed by atoms with Gasteiger partial charge in [-0.15, -0.1) is 0 Å². The molecule has 1 amide bonds. The summed E-state index contributed by atoms with van der Waals surface area (Å²) in [5, 5.41) is 98.6. The molecule has 3 rings (SSSR count). The molecule has 0 radical (unpaired) electrons. The molecule has 1 aliphatic carbocycles. The fraction of sp³-hybridized carbons (Fsp3) is 0.958. The lowest BCUT2D eigenvalue weighted by atomic mass is 9.72. The molecule has 0 aromatic carbocycles. The van der Waals surface area contributed by atoms with Crippen molar-refractivity contribution in [2.45, 2.75) is 104 Å². The Bertz CT molecular complexity index is 882. The average molecular weight is 629 g/mol. The monoisotopic (exact) mass is 628 g/mol. The van der Waals surface area contributed by atoms with Crippen LogP contribution in [0, 0.1) is 5.92 Å². The summed E-state index contributed by atoms with van der Waals surface area (Å²) >= 11 is 0. The molecule has 0 spiro atoms. The third-order valence-corrected chi connectivity index (χ3v) is 8.35. The zero-order chi connectivity index (χ0) is 32.2. The first kappa shape index (κ1) is 36.3. The standard InChI is InChI=1S/C24H48N6O13/c25-2-10(33)23(40)30-9-1-8(27)13(17(36)21(9)43-24-18(37)14(28)15(34)12(6-32)42-24)22-20(39)19(38)16(35)11(41-22)4-29-3-7(26)5-31/h7-22,24,29,31-39H,1-6,25-28H2,(H,30,40)/t7?,8-,9+,10-,11+,12+,13?,14-,15+,16+,17-,18+,19-,20+,21-,22+,24+/m0/s1. The average Bonchev–Trinajstić information content (AvgIpc) is 2.98. The number of nitrogens with one attached hydrogen (secondary N) is 2. The van der Waals surface area contributed by atoms with Crippen LogP contribution in [0.4, 0.5) is 0 Å².